The van der Waals surface area contributed by atoms with Crippen LogP contribution in [-0.2, 0) is 47.5 Å². The molecule has 3 saturated heterocycles. The molecule has 12 heteroatoms. The number of rotatable bonds is 10. The monoisotopic (exact) mass is 533 g/mol. The predicted molar refractivity (Wildman–Crippen MR) is 128 cm³/mol. The molecule has 0 radical (unpaired) electrons. The first-order valence-corrected chi connectivity index (χ1v) is 12.6. The molecule has 0 aliphatic carbocycles. The molecule has 0 aromatic carbocycles. The summed E-state index contributed by atoms with van der Waals surface area (Å²) in [6.45, 7) is 7.76. The lowest BCUT2D eigenvalue weighted by Crippen LogP contribution is -2.69. The van der Waals surface area contributed by atoms with E-state index in [9.17, 15) is 14.7 Å². The van der Waals surface area contributed by atoms with E-state index in [2.05, 4.69) is 5.32 Å². The van der Waals surface area contributed by atoms with Gasteiger partial charge in [0.1, 0.15) is 24.8 Å². The molecule has 10 atom stereocenters. The van der Waals surface area contributed by atoms with E-state index in [0.29, 0.717) is 13.0 Å². The summed E-state index contributed by atoms with van der Waals surface area (Å²) in [4.78, 5) is 25.7. The Kier molecular flexibility index (Phi) is 10.1. The van der Waals surface area contributed by atoms with Gasteiger partial charge in [0.25, 0.3) is 5.91 Å². The molecule has 0 bridgehead atoms. The van der Waals surface area contributed by atoms with Crippen molar-refractivity contribution in [1.29, 1.82) is 0 Å². The zero-order chi connectivity index (χ0) is 27.5. The van der Waals surface area contributed by atoms with Crippen LogP contribution in [0.1, 0.15) is 40.5 Å². The Morgan fingerprint density at radius 2 is 1.86 bits per heavy atom. The van der Waals surface area contributed by atoms with Gasteiger partial charge in [-0.1, -0.05) is 20.8 Å². The third kappa shape index (κ3) is 6.02. The Morgan fingerprint density at radius 1 is 1.16 bits per heavy atom. The number of hydrogen-bond donors (Lipinski definition) is 2. The van der Waals surface area contributed by atoms with Gasteiger partial charge >= 0.3 is 0 Å². The maximum atomic E-state index is 13.2. The van der Waals surface area contributed by atoms with Crippen molar-refractivity contribution in [2.75, 3.05) is 41.8 Å². The van der Waals surface area contributed by atoms with E-state index in [1.807, 2.05) is 13.8 Å². The number of aliphatic hydroxyl groups excluding tert-OH is 1. The topological polar surface area (TPSA) is 140 Å². The molecule has 0 aromatic rings. The van der Waals surface area contributed by atoms with Gasteiger partial charge in [0, 0.05) is 46.2 Å². The van der Waals surface area contributed by atoms with E-state index in [1.54, 1.807) is 35.2 Å². The fourth-order valence-corrected chi connectivity index (χ4v) is 5.45. The molecular weight excluding hydrogens is 490 g/mol. The van der Waals surface area contributed by atoms with Crippen LogP contribution >= 0.6 is 0 Å². The van der Waals surface area contributed by atoms with Crippen molar-refractivity contribution in [1.82, 2.24) is 5.32 Å². The number of carbonyl (C=O) groups is 2. The summed E-state index contributed by atoms with van der Waals surface area (Å²) >= 11 is 0. The van der Waals surface area contributed by atoms with Crippen LogP contribution in [0.15, 0.2) is 0 Å². The van der Waals surface area contributed by atoms with Crippen molar-refractivity contribution in [2.24, 2.45) is 11.3 Å². The lowest BCUT2D eigenvalue weighted by atomic mass is 9.72. The third-order valence-electron chi connectivity index (χ3n) is 8.04. The molecule has 3 rings (SSSR count). The number of methoxy groups -OCH3 is 4. The predicted octanol–water partition coefficient (Wildman–Crippen LogP) is 0.379. The van der Waals surface area contributed by atoms with Crippen LogP contribution in [0, 0.1) is 11.3 Å². The highest BCUT2D eigenvalue weighted by Gasteiger charge is 2.57. The van der Waals surface area contributed by atoms with Gasteiger partial charge < -0.3 is 48.3 Å². The highest BCUT2D eigenvalue weighted by atomic mass is 16.7. The standard InChI is InChI=1S/C25H43NO11/c1-13-14(2)37-25(33-8,10-16(13)27)20(28)22(29)26-23-19-18(34-12-35-23)21(32-7)24(3,4)17(36-19)9-15(31-6)11-30-5/h13-15,17-21,23,28H,9-12H2,1-8H3,(H,26,29)/t13-,14+,15-,17+,18-,19-,20+,21+,23-,25+/m0/s1. The highest BCUT2D eigenvalue weighted by Crippen LogP contribution is 2.43. The molecule has 37 heavy (non-hydrogen) atoms. The fraction of sp³-hybridized carbons (Fsp3) is 0.920. The third-order valence-corrected chi connectivity index (χ3v) is 8.04. The van der Waals surface area contributed by atoms with Gasteiger partial charge in [0.05, 0.1) is 37.4 Å². The molecule has 3 aliphatic rings. The van der Waals surface area contributed by atoms with Gasteiger partial charge in [-0.15, -0.1) is 0 Å². The van der Waals surface area contributed by atoms with Gasteiger partial charge in [-0.3, -0.25) is 9.59 Å². The normalized spacial score (nSPS) is 39.5. The Hall–Kier alpha value is -1.22. The SMILES string of the molecule is COC[C@H](C[C@H]1O[C@H]2[C@H](OCO[C@@H]2NC(=O)[C@@H](O)[C@@]2(OC)CC(=O)[C@@H](C)[C@@H](C)O2)[C@@H](OC)C1(C)C)OC. The van der Waals surface area contributed by atoms with Crippen LogP contribution in [0.4, 0.5) is 0 Å². The number of Topliss-reactive ketones (excluding diaryl/α,β-unsaturated/α-hetero) is 1. The first kappa shape index (κ1) is 30.3. The Balaban J connectivity index is 1.80. The molecule has 3 aliphatic heterocycles. The van der Waals surface area contributed by atoms with Gasteiger partial charge in [-0.25, -0.2) is 0 Å². The van der Waals surface area contributed by atoms with Crippen LogP contribution in [0.5, 0.6) is 0 Å². The zero-order valence-corrected chi connectivity index (χ0v) is 23.1. The Morgan fingerprint density at radius 3 is 2.43 bits per heavy atom. The quantitative estimate of drug-likeness (QED) is 0.403. The van der Waals surface area contributed by atoms with E-state index in [0.717, 1.165) is 0 Å². The molecule has 2 N–H and O–H groups in total. The van der Waals surface area contributed by atoms with Crippen molar-refractivity contribution in [3.05, 3.63) is 0 Å². The molecule has 3 fully saturated rings. The average Bonchev–Trinajstić information content (AvgIpc) is 2.86. The smallest absolute Gasteiger partial charge is 0.256 e. The minimum atomic E-state index is -1.81. The summed E-state index contributed by atoms with van der Waals surface area (Å²) < 4.78 is 46.0. The molecule has 0 aromatic heterocycles. The molecular formula is C25H43NO11. The van der Waals surface area contributed by atoms with Crippen molar-refractivity contribution < 1.29 is 52.6 Å². The second-order valence-electron chi connectivity index (χ2n) is 10.6. The van der Waals surface area contributed by atoms with E-state index in [-0.39, 0.29) is 37.1 Å². The highest BCUT2D eigenvalue weighted by molar-refractivity contribution is 5.86. The number of nitrogens with one attached hydrogen (secondary N) is 1. The summed E-state index contributed by atoms with van der Waals surface area (Å²) in [5, 5.41) is 13.7. The lowest BCUT2D eigenvalue weighted by Gasteiger charge is -2.54. The summed E-state index contributed by atoms with van der Waals surface area (Å²) in [5.74, 6) is -3.18. The minimum absolute atomic E-state index is 0.116. The molecule has 0 saturated carbocycles. The Labute approximate surface area is 218 Å². The molecule has 214 valence electrons. The number of aliphatic hydroxyl groups is 1. The van der Waals surface area contributed by atoms with Crippen LogP contribution < -0.4 is 5.32 Å². The van der Waals surface area contributed by atoms with Gasteiger partial charge in [-0.2, -0.15) is 0 Å². The molecule has 12 nitrogen and oxygen atoms in total. The average molecular weight is 534 g/mol. The maximum Gasteiger partial charge on any atom is 0.256 e. The molecule has 0 unspecified atom stereocenters. The van der Waals surface area contributed by atoms with E-state index >= 15 is 0 Å². The van der Waals surface area contributed by atoms with Crippen molar-refractivity contribution in [3.8, 4) is 0 Å². The van der Waals surface area contributed by atoms with Crippen LogP contribution in [0.3, 0.4) is 0 Å². The van der Waals surface area contributed by atoms with Crippen LogP contribution in [0.2, 0.25) is 0 Å². The summed E-state index contributed by atoms with van der Waals surface area (Å²) in [5.41, 5.74) is -0.477. The number of hydrogen-bond acceptors (Lipinski definition) is 11. The van der Waals surface area contributed by atoms with Crippen molar-refractivity contribution >= 4 is 11.7 Å². The van der Waals surface area contributed by atoms with Crippen LogP contribution in [0.25, 0.3) is 0 Å². The van der Waals surface area contributed by atoms with Gasteiger partial charge in [0.2, 0.25) is 5.79 Å². The lowest BCUT2D eigenvalue weighted by molar-refractivity contribution is -0.333. The first-order valence-electron chi connectivity index (χ1n) is 12.6. The molecule has 1 amide bonds. The number of ether oxygens (including phenoxy) is 8. The van der Waals surface area contributed by atoms with Crippen molar-refractivity contribution in [2.45, 2.75) is 95.3 Å². The summed E-state index contributed by atoms with van der Waals surface area (Å²) in [7, 11) is 6.11. The zero-order valence-electron chi connectivity index (χ0n) is 23.1. The van der Waals surface area contributed by atoms with Crippen molar-refractivity contribution in [3.63, 3.8) is 0 Å². The van der Waals surface area contributed by atoms with Crippen LogP contribution in [-0.4, -0.2) is 113 Å². The largest absolute Gasteiger partial charge is 0.382 e. The fourth-order valence-electron chi connectivity index (χ4n) is 5.45. The van der Waals surface area contributed by atoms with Gasteiger partial charge in [-0.05, 0) is 6.92 Å². The van der Waals surface area contributed by atoms with E-state index in [1.165, 1.54) is 7.11 Å². The second-order valence-corrected chi connectivity index (χ2v) is 10.6. The summed E-state index contributed by atoms with van der Waals surface area (Å²) in [6.07, 6.45) is -5.35. The molecule has 3 heterocycles. The number of carbonyl (C=O) groups excluding carboxylic acids is 2. The number of amides is 1. The van der Waals surface area contributed by atoms with Gasteiger partial charge in [0.15, 0.2) is 12.3 Å². The Bertz CT molecular complexity index is 795. The maximum absolute atomic E-state index is 13.2. The second kappa shape index (κ2) is 12.3. The molecule has 0 spiro atoms. The number of fused-ring (bicyclic) bond motifs is 1. The first-order chi connectivity index (χ1) is 17.4. The minimum Gasteiger partial charge on any atom is -0.382 e. The summed E-state index contributed by atoms with van der Waals surface area (Å²) in [6, 6.07) is 0. The van der Waals surface area contributed by atoms with E-state index in [4.69, 9.17) is 37.9 Å². The number of ketones is 1. The van der Waals surface area contributed by atoms with E-state index < -0.39 is 53.9 Å².